The number of allylic oxidation sites excluding steroid dienone is 1. The van der Waals surface area contributed by atoms with Crippen LogP contribution in [0, 0.1) is 0 Å². The summed E-state index contributed by atoms with van der Waals surface area (Å²) < 4.78 is 5.57. The minimum atomic E-state index is -0.384. The summed E-state index contributed by atoms with van der Waals surface area (Å²) >= 11 is 0. The Bertz CT molecular complexity index is 461. The Labute approximate surface area is 130 Å². The number of imidazole rings is 1. The lowest BCUT2D eigenvalue weighted by atomic mass is 10.2. The SMILES string of the molecule is O=C(C/C=C/CCCCNC1OC1CCc1cnc[nH]1)NO. The highest BCUT2D eigenvalue weighted by Gasteiger charge is 2.37. The van der Waals surface area contributed by atoms with E-state index in [0.717, 1.165) is 44.3 Å². The van der Waals surface area contributed by atoms with Crippen molar-refractivity contribution in [3.05, 3.63) is 30.4 Å². The van der Waals surface area contributed by atoms with Crippen LogP contribution in [-0.4, -0.2) is 40.0 Å². The Hall–Kier alpha value is -1.70. The molecule has 0 bridgehead atoms. The number of hydrogen-bond acceptors (Lipinski definition) is 5. The molecule has 0 aromatic carbocycles. The zero-order valence-electron chi connectivity index (χ0n) is 12.6. The van der Waals surface area contributed by atoms with Crippen molar-refractivity contribution >= 4 is 5.91 Å². The molecule has 22 heavy (non-hydrogen) atoms. The predicted molar refractivity (Wildman–Crippen MR) is 81.1 cm³/mol. The number of rotatable bonds is 11. The minimum Gasteiger partial charge on any atom is -0.353 e. The Morgan fingerprint density at radius 1 is 1.45 bits per heavy atom. The van der Waals surface area contributed by atoms with Crippen molar-refractivity contribution in [2.45, 2.75) is 50.9 Å². The summed E-state index contributed by atoms with van der Waals surface area (Å²) in [5.74, 6) is -0.384. The lowest BCUT2D eigenvalue weighted by Crippen LogP contribution is -2.21. The second kappa shape index (κ2) is 9.34. The Balaban J connectivity index is 1.40. The van der Waals surface area contributed by atoms with E-state index in [4.69, 9.17) is 9.94 Å². The number of unbranched alkanes of at least 4 members (excludes halogenated alkanes) is 2. The van der Waals surface area contributed by atoms with Crippen molar-refractivity contribution in [2.75, 3.05) is 6.54 Å². The molecule has 0 aliphatic carbocycles. The molecule has 1 aromatic heterocycles. The third kappa shape index (κ3) is 6.38. The molecular formula is C15H24N4O3. The Morgan fingerprint density at radius 2 is 2.36 bits per heavy atom. The molecule has 2 unspecified atom stereocenters. The number of hydrogen-bond donors (Lipinski definition) is 4. The number of aromatic nitrogens is 2. The Kier molecular flexibility index (Phi) is 7.08. The molecule has 7 nitrogen and oxygen atoms in total. The van der Waals surface area contributed by atoms with Gasteiger partial charge in [-0.25, -0.2) is 10.5 Å². The van der Waals surface area contributed by atoms with Gasteiger partial charge in [0, 0.05) is 18.3 Å². The molecule has 7 heteroatoms. The average Bonchev–Trinajstić information content (AvgIpc) is 3.07. The van der Waals surface area contributed by atoms with Gasteiger partial charge in [0.1, 0.15) is 6.23 Å². The Morgan fingerprint density at radius 3 is 3.14 bits per heavy atom. The summed E-state index contributed by atoms with van der Waals surface area (Å²) in [5.41, 5.74) is 2.75. The van der Waals surface area contributed by atoms with Crippen LogP contribution in [0.25, 0.3) is 0 Å². The van der Waals surface area contributed by atoms with Gasteiger partial charge in [-0.1, -0.05) is 12.2 Å². The first-order valence-corrected chi connectivity index (χ1v) is 7.73. The number of nitrogens with zero attached hydrogens (tertiary/aromatic N) is 1. The third-order valence-corrected chi connectivity index (χ3v) is 3.57. The van der Waals surface area contributed by atoms with Crippen LogP contribution in [0.1, 0.15) is 37.8 Å². The van der Waals surface area contributed by atoms with Crippen molar-refractivity contribution in [1.29, 1.82) is 0 Å². The van der Waals surface area contributed by atoms with Crippen molar-refractivity contribution in [2.24, 2.45) is 0 Å². The lowest BCUT2D eigenvalue weighted by Gasteiger charge is -2.00. The van der Waals surface area contributed by atoms with Crippen molar-refractivity contribution in [3.8, 4) is 0 Å². The highest BCUT2D eigenvalue weighted by Crippen LogP contribution is 2.24. The molecule has 2 atom stereocenters. The summed E-state index contributed by atoms with van der Waals surface area (Å²) in [5, 5.41) is 11.7. The molecule has 1 fully saturated rings. The molecule has 4 N–H and O–H groups in total. The van der Waals surface area contributed by atoms with Crippen molar-refractivity contribution in [1.82, 2.24) is 20.8 Å². The third-order valence-electron chi connectivity index (χ3n) is 3.57. The highest BCUT2D eigenvalue weighted by atomic mass is 16.6. The van der Waals surface area contributed by atoms with Crippen LogP contribution in [-0.2, 0) is 16.0 Å². The second-order valence-electron chi connectivity index (χ2n) is 5.37. The highest BCUT2D eigenvalue weighted by molar-refractivity contribution is 5.76. The van der Waals surface area contributed by atoms with Crippen molar-refractivity contribution in [3.63, 3.8) is 0 Å². The monoisotopic (exact) mass is 308 g/mol. The first-order valence-electron chi connectivity index (χ1n) is 7.73. The van der Waals surface area contributed by atoms with E-state index in [0.29, 0.717) is 6.10 Å². The van der Waals surface area contributed by atoms with Crippen LogP contribution in [0.5, 0.6) is 0 Å². The molecular weight excluding hydrogens is 284 g/mol. The standard InChI is InChI=1S/C15H24N4O3/c20-14(19-21)6-4-2-1-3-5-9-17-15-13(22-15)8-7-12-10-16-11-18-12/h2,4,10-11,13,15,17,21H,1,3,5-9H2,(H,16,18)(H,19,20)/b4-2+. The fourth-order valence-electron chi connectivity index (χ4n) is 2.25. The first kappa shape index (κ1) is 16.7. The molecule has 2 heterocycles. The van der Waals surface area contributed by atoms with Gasteiger partial charge in [0.05, 0.1) is 12.4 Å². The average molecular weight is 308 g/mol. The van der Waals surface area contributed by atoms with Crippen LogP contribution >= 0.6 is 0 Å². The van der Waals surface area contributed by atoms with Crippen LogP contribution < -0.4 is 10.8 Å². The smallest absolute Gasteiger partial charge is 0.247 e. The van der Waals surface area contributed by atoms with Gasteiger partial charge >= 0.3 is 0 Å². The number of carbonyl (C=O) groups is 1. The van der Waals surface area contributed by atoms with Gasteiger partial charge in [0.2, 0.25) is 5.91 Å². The van der Waals surface area contributed by atoms with Gasteiger partial charge in [-0.2, -0.15) is 0 Å². The molecule has 1 saturated heterocycles. The summed E-state index contributed by atoms with van der Waals surface area (Å²) in [4.78, 5) is 17.8. The van der Waals surface area contributed by atoms with Gasteiger partial charge in [-0.05, 0) is 38.6 Å². The van der Waals surface area contributed by atoms with Gasteiger partial charge in [0.15, 0.2) is 0 Å². The van der Waals surface area contributed by atoms with E-state index >= 15 is 0 Å². The summed E-state index contributed by atoms with van der Waals surface area (Å²) in [6, 6.07) is 0. The summed E-state index contributed by atoms with van der Waals surface area (Å²) in [6.45, 7) is 0.941. The number of epoxide rings is 1. The second-order valence-corrected chi connectivity index (χ2v) is 5.37. The normalized spacial score (nSPS) is 20.4. The lowest BCUT2D eigenvalue weighted by molar-refractivity contribution is -0.128. The number of hydroxylamine groups is 1. The van der Waals surface area contributed by atoms with Gasteiger partial charge in [-0.15, -0.1) is 0 Å². The number of amides is 1. The number of nitrogens with one attached hydrogen (secondary N) is 3. The van der Waals surface area contributed by atoms with Gasteiger partial charge < -0.3 is 9.72 Å². The maximum atomic E-state index is 10.7. The molecule has 122 valence electrons. The maximum Gasteiger partial charge on any atom is 0.247 e. The molecule has 0 radical (unpaired) electrons. The van der Waals surface area contributed by atoms with Crippen LogP contribution in [0.3, 0.4) is 0 Å². The molecule has 0 spiro atoms. The number of ether oxygens (including phenoxy) is 1. The molecule has 2 rings (SSSR count). The maximum absolute atomic E-state index is 10.7. The molecule has 1 aliphatic rings. The minimum absolute atomic E-state index is 0.201. The number of aryl methyl sites for hydroxylation is 1. The van der Waals surface area contributed by atoms with Crippen LogP contribution in [0.15, 0.2) is 24.7 Å². The van der Waals surface area contributed by atoms with E-state index < -0.39 is 0 Å². The summed E-state index contributed by atoms with van der Waals surface area (Å²) in [6.07, 6.45) is 13.1. The van der Waals surface area contributed by atoms with E-state index in [1.807, 2.05) is 12.3 Å². The largest absolute Gasteiger partial charge is 0.353 e. The van der Waals surface area contributed by atoms with Gasteiger partial charge in [0.25, 0.3) is 0 Å². The molecule has 1 aliphatic heterocycles. The fraction of sp³-hybridized carbons (Fsp3) is 0.600. The fourth-order valence-corrected chi connectivity index (χ4v) is 2.25. The van der Waals surface area contributed by atoms with E-state index in [-0.39, 0.29) is 18.6 Å². The van der Waals surface area contributed by atoms with Crippen LogP contribution in [0.2, 0.25) is 0 Å². The molecule has 1 amide bonds. The van der Waals surface area contributed by atoms with Crippen LogP contribution in [0.4, 0.5) is 0 Å². The van der Waals surface area contributed by atoms with E-state index in [2.05, 4.69) is 15.3 Å². The zero-order valence-corrected chi connectivity index (χ0v) is 12.6. The van der Waals surface area contributed by atoms with Gasteiger partial charge in [-0.3, -0.25) is 15.3 Å². The van der Waals surface area contributed by atoms with E-state index in [1.54, 1.807) is 17.9 Å². The first-order chi connectivity index (χ1) is 10.8. The topological polar surface area (TPSA) is 103 Å². The molecule has 1 aromatic rings. The number of carbonyl (C=O) groups excluding carboxylic acids is 1. The predicted octanol–water partition coefficient (Wildman–Crippen LogP) is 1.28. The molecule has 0 saturated carbocycles. The van der Waals surface area contributed by atoms with E-state index in [9.17, 15) is 4.79 Å². The number of H-pyrrole nitrogens is 1. The quantitative estimate of drug-likeness (QED) is 0.162. The number of aromatic amines is 1. The van der Waals surface area contributed by atoms with Crippen molar-refractivity contribution < 1.29 is 14.7 Å². The zero-order chi connectivity index (χ0) is 15.6. The summed E-state index contributed by atoms with van der Waals surface area (Å²) in [7, 11) is 0. The van der Waals surface area contributed by atoms with E-state index in [1.165, 1.54) is 0 Å².